The Morgan fingerprint density at radius 1 is 1.15 bits per heavy atom. The molecule has 1 aliphatic heterocycles. The number of rotatable bonds is 4. The van der Waals surface area contributed by atoms with Crippen LogP contribution in [0.5, 0.6) is 0 Å². The highest BCUT2D eigenvalue weighted by atomic mass is 35.5. The van der Waals surface area contributed by atoms with Crippen molar-refractivity contribution in [3.05, 3.63) is 81.8 Å². The Morgan fingerprint density at radius 2 is 1.78 bits per heavy atom. The predicted octanol–water partition coefficient (Wildman–Crippen LogP) is 4.75. The largest absolute Gasteiger partial charge is 0.462 e. The summed E-state index contributed by atoms with van der Waals surface area (Å²) in [5.74, 6) is -1.31. The molecule has 138 valence electrons. The minimum atomic E-state index is -0.576. The molecule has 0 saturated heterocycles. The van der Waals surface area contributed by atoms with Gasteiger partial charge in [0.05, 0.1) is 17.8 Å². The highest BCUT2D eigenvalue weighted by Crippen LogP contribution is 2.35. The normalized spacial score (nSPS) is 15.6. The van der Waals surface area contributed by atoms with E-state index in [4.69, 9.17) is 16.3 Å². The molecular formula is C21H17ClFNO3. The number of halogens is 2. The fourth-order valence-electron chi connectivity index (χ4n) is 2.91. The van der Waals surface area contributed by atoms with Gasteiger partial charge in [-0.15, -0.1) is 0 Å². The van der Waals surface area contributed by atoms with Crippen LogP contribution in [0, 0.1) is 5.82 Å². The Hall–Kier alpha value is -2.92. The van der Waals surface area contributed by atoms with E-state index in [1.54, 1.807) is 56.3 Å². The van der Waals surface area contributed by atoms with Crippen molar-refractivity contribution in [2.45, 2.75) is 13.8 Å². The van der Waals surface area contributed by atoms with Crippen molar-refractivity contribution in [3.63, 3.8) is 0 Å². The molecule has 0 N–H and O–H groups in total. The Kier molecular flexibility index (Phi) is 5.42. The molecule has 0 aliphatic carbocycles. The Balaban J connectivity index is 2.11. The lowest BCUT2D eigenvalue weighted by Gasteiger charge is -2.17. The van der Waals surface area contributed by atoms with Crippen LogP contribution in [0.25, 0.3) is 6.08 Å². The first-order valence-electron chi connectivity index (χ1n) is 8.38. The van der Waals surface area contributed by atoms with E-state index in [-0.39, 0.29) is 29.5 Å². The van der Waals surface area contributed by atoms with E-state index < -0.39 is 5.97 Å². The van der Waals surface area contributed by atoms with Crippen LogP contribution in [-0.2, 0) is 14.3 Å². The monoisotopic (exact) mass is 385 g/mol. The topological polar surface area (TPSA) is 46.6 Å². The first kappa shape index (κ1) is 18.9. The van der Waals surface area contributed by atoms with Crippen molar-refractivity contribution in [2.24, 2.45) is 0 Å². The first-order valence-corrected chi connectivity index (χ1v) is 8.75. The van der Waals surface area contributed by atoms with Crippen LogP contribution < -0.4 is 4.90 Å². The molecule has 6 heteroatoms. The first-order chi connectivity index (χ1) is 12.9. The molecular weight excluding hydrogens is 369 g/mol. The third-order valence-electron chi connectivity index (χ3n) is 4.15. The van der Waals surface area contributed by atoms with Gasteiger partial charge >= 0.3 is 5.97 Å². The third-order valence-corrected chi connectivity index (χ3v) is 4.40. The molecule has 1 heterocycles. The number of anilines is 1. The minimum absolute atomic E-state index is 0.189. The molecule has 0 aromatic heterocycles. The number of ether oxygens (including phenoxy) is 1. The number of hydrogen-bond donors (Lipinski definition) is 0. The Bertz CT molecular complexity index is 946. The summed E-state index contributed by atoms with van der Waals surface area (Å²) >= 11 is 5.93. The molecule has 0 fully saturated rings. The van der Waals surface area contributed by atoms with E-state index in [1.807, 2.05) is 0 Å². The molecule has 4 nitrogen and oxygen atoms in total. The summed E-state index contributed by atoms with van der Waals surface area (Å²) < 4.78 is 18.3. The molecule has 0 bridgehead atoms. The summed E-state index contributed by atoms with van der Waals surface area (Å²) in [6, 6.07) is 12.4. The van der Waals surface area contributed by atoms with Crippen LogP contribution >= 0.6 is 11.6 Å². The maximum Gasteiger partial charge on any atom is 0.340 e. The van der Waals surface area contributed by atoms with Gasteiger partial charge in [-0.05, 0) is 61.9 Å². The van der Waals surface area contributed by atoms with Crippen molar-refractivity contribution >= 4 is 35.2 Å². The average Bonchev–Trinajstić information content (AvgIpc) is 2.88. The van der Waals surface area contributed by atoms with Crippen molar-refractivity contribution in [1.82, 2.24) is 0 Å². The smallest absolute Gasteiger partial charge is 0.340 e. The molecule has 2 aromatic rings. The predicted molar refractivity (Wildman–Crippen MR) is 103 cm³/mol. The van der Waals surface area contributed by atoms with Crippen LogP contribution in [0.2, 0.25) is 5.02 Å². The molecule has 3 rings (SSSR count). The van der Waals surface area contributed by atoms with Gasteiger partial charge in [0.2, 0.25) is 0 Å². The third kappa shape index (κ3) is 3.78. The van der Waals surface area contributed by atoms with Crippen LogP contribution in [0.3, 0.4) is 0 Å². The Labute approximate surface area is 161 Å². The molecule has 0 radical (unpaired) electrons. The number of benzene rings is 2. The number of carbonyl (C=O) groups excluding carboxylic acids is 2. The summed E-state index contributed by atoms with van der Waals surface area (Å²) in [7, 11) is 0. The van der Waals surface area contributed by atoms with Gasteiger partial charge in [0.1, 0.15) is 5.82 Å². The molecule has 0 spiro atoms. The van der Waals surface area contributed by atoms with E-state index in [0.717, 1.165) is 0 Å². The number of nitrogens with zero attached hydrogens (tertiary/aromatic N) is 1. The van der Waals surface area contributed by atoms with Gasteiger partial charge in [-0.1, -0.05) is 23.7 Å². The number of carbonyl (C=O) groups is 2. The van der Waals surface area contributed by atoms with Gasteiger partial charge in [0, 0.05) is 16.4 Å². The lowest BCUT2D eigenvalue weighted by Crippen LogP contribution is -2.24. The van der Waals surface area contributed by atoms with Gasteiger partial charge in [-0.2, -0.15) is 0 Å². The fourth-order valence-corrected chi connectivity index (χ4v) is 3.03. The quantitative estimate of drug-likeness (QED) is 0.563. The van der Waals surface area contributed by atoms with Crippen LogP contribution in [-0.4, -0.2) is 18.5 Å². The highest BCUT2D eigenvalue weighted by Gasteiger charge is 2.38. The standard InChI is InChI=1S/C21H17ClFNO3/c1-3-27-21(26)19-13(2)24(17-10-6-15(22)7-11-17)20(25)18(19)12-14-4-8-16(23)9-5-14/h4-12H,3H2,1-2H3/b18-12-. The van der Waals surface area contributed by atoms with Gasteiger partial charge in [0.15, 0.2) is 0 Å². The summed E-state index contributed by atoms with van der Waals surface area (Å²) in [4.78, 5) is 27.0. The number of amides is 1. The van der Waals surface area contributed by atoms with E-state index in [0.29, 0.717) is 22.0 Å². The minimum Gasteiger partial charge on any atom is -0.462 e. The van der Waals surface area contributed by atoms with Crippen molar-refractivity contribution in [1.29, 1.82) is 0 Å². The van der Waals surface area contributed by atoms with Gasteiger partial charge < -0.3 is 4.74 Å². The molecule has 0 atom stereocenters. The lowest BCUT2D eigenvalue weighted by atomic mass is 10.0. The second-order valence-electron chi connectivity index (χ2n) is 5.91. The molecule has 1 aliphatic rings. The zero-order valence-corrected chi connectivity index (χ0v) is 15.6. The van der Waals surface area contributed by atoms with Gasteiger partial charge in [0.25, 0.3) is 5.91 Å². The summed E-state index contributed by atoms with van der Waals surface area (Å²) in [5.41, 5.74) is 2.06. The zero-order valence-electron chi connectivity index (χ0n) is 14.8. The maximum atomic E-state index is 13.2. The number of hydrogen-bond acceptors (Lipinski definition) is 3. The van der Waals surface area contributed by atoms with E-state index in [9.17, 15) is 14.0 Å². The fraction of sp³-hybridized carbons (Fsp3) is 0.143. The van der Waals surface area contributed by atoms with E-state index in [2.05, 4.69) is 0 Å². The van der Waals surface area contributed by atoms with Crippen molar-refractivity contribution in [2.75, 3.05) is 11.5 Å². The number of esters is 1. The molecule has 1 amide bonds. The summed E-state index contributed by atoms with van der Waals surface area (Å²) in [5, 5.41) is 0.541. The van der Waals surface area contributed by atoms with E-state index in [1.165, 1.54) is 17.0 Å². The number of allylic oxidation sites excluding steroid dienone is 1. The molecule has 0 saturated carbocycles. The Morgan fingerprint density at radius 3 is 2.37 bits per heavy atom. The van der Waals surface area contributed by atoms with E-state index >= 15 is 0 Å². The zero-order chi connectivity index (χ0) is 19.6. The lowest BCUT2D eigenvalue weighted by molar-refractivity contribution is -0.138. The van der Waals surface area contributed by atoms with Gasteiger partial charge in [-0.25, -0.2) is 9.18 Å². The highest BCUT2D eigenvalue weighted by molar-refractivity contribution is 6.30. The average molecular weight is 386 g/mol. The van der Waals surface area contributed by atoms with Crippen molar-refractivity contribution in [3.8, 4) is 0 Å². The second kappa shape index (κ2) is 7.76. The molecule has 0 unspecified atom stereocenters. The molecule has 27 heavy (non-hydrogen) atoms. The second-order valence-corrected chi connectivity index (χ2v) is 6.34. The van der Waals surface area contributed by atoms with Crippen LogP contribution in [0.1, 0.15) is 19.4 Å². The molecule has 2 aromatic carbocycles. The van der Waals surface area contributed by atoms with Crippen molar-refractivity contribution < 1.29 is 18.7 Å². The SMILES string of the molecule is CCOC(=O)C1=C(C)N(c2ccc(Cl)cc2)C(=O)/C1=C\c1ccc(F)cc1. The summed E-state index contributed by atoms with van der Waals surface area (Å²) in [6.45, 7) is 3.57. The van der Waals surface area contributed by atoms with Gasteiger partial charge in [-0.3, -0.25) is 9.69 Å². The maximum absolute atomic E-state index is 13.2. The van der Waals surface area contributed by atoms with Crippen LogP contribution in [0.15, 0.2) is 65.4 Å². The van der Waals surface area contributed by atoms with Crippen LogP contribution in [0.4, 0.5) is 10.1 Å². The summed E-state index contributed by atoms with van der Waals surface area (Å²) in [6.07, 6.45) is 1.56.